The predicted molar refractivity (Wildman–Crippen MR) is 80.5 cm³/mol. The molecular weight excluding hydrogens is 272 g/mol. The Kier molecular flexibility index (Phi) is 5.06. The molecule has 2 aromatic rings. The van der Waals surface area contributed by atoms with Gasteiger partial charge in [-0.1, -0.05) is 0 Å². The van der Waals surface area contributed by atoms with Crippen LogP contribution in [0.3, 0.4) is 0 Å². The van der Waals surface area contributed by atoms with Crippen LogP contribution in [0, 0.1) is 0 Å². The Morgan fingerprint density at radius 2 is 2.00 bits per heavy atom. The first-order valence-corrected chi connectivity index (χ1v) is 7.50. The molecule has 0 unspecified atom stereocenters. The van der Waals surface area contributed by atoms with Crippen LogP contribution in [-0.4, -0.2) is 34.0 Å². The van der Waals surface area contributed by atoms with Gasteiger partial charge in [0.1, 0.15) is 5.01 Å². The maximum atomic E-state index is 11.8. The molecule has 20 heavy (non-hydrogen) atoms. The molecule has 0 atom stereocenters. The molecule has 0 fully saturated rings. The second-order valence-electron chi connectivity index (χ2n) is 4.19. The highest BCUT2D eigenvalue weighted by Crippen LogP contribution is 2.20. The number of rotatable bonds is 5. The molecule has 2 aromatic heterocycles. The third-order valence-electron chi connectivity index (χ3n) is 2.97. The minimum Gasteiger partial charge on any atom is -0.331 e. The molecule has 0 spiro atoms. The van der Waals surface area contributed by atoms with Crippen molar-refractivity contribution in [2.45, 2.75) is 20.4 Å². The zero-order valence-electron chi connectivity index (χ0n) is 11.7. The van der Waals surface area contributed by atoms with Crippen LogP contribution in [0.1, 0.15) is 18.9 Å². The lowest BCUT2D eigenvalue weighted by Gasteiger charge is -2.18. The Balaban J connectivity index is 1.95. The van der Waals surface area contributed by atoms with Gasteiger partial charge in [-0.05, 0) is 26.0 Å². The summed E-state index contributed by atoms with van der Waals surface area (Å²) in [6.07, 6.45) is 3.49. The number of carbonyl (C=O) groups excluding carboxylic acids is 1. The van der Waals surface area contributed by atoms with E-state index in [1.807, 2.05) is 31.4 Å². The Bertz CT molecular complexity index is 551. The van der Waals surface area contributed by atoms with Gasteiger partial charge in [0.05, 0.1) is 12.2 Å². The number of aromatic nitrogens is 2. The van der Waals surface area contributed by atoms with E-state index in [2.05, 4.69) is 15.3 Å². The van der Waals surface area contributed by atoms with Crippen LogP contribution in [0.15, 0.2) is 29.9 Å². The summed E-state index contributed by atoms with van der Waals surface area (Å²) in [6.45, 7) is 5.82. The summed E-state index contributed by atoms with van der Waals surface area (Å²) in [5.41, 5.74) is 1.96. The van der Waals surface area contributed by atoms with Crippen molar-refractivity contribution in [3.63, 3.8) is 0 Å². The van der Waals surface area contributed by atoms with E-state index in [1.165, 1.54) is 0 Å². The number of amides is 2. The lowest BCUT2D eigenvalue weighted by molar-refractivity contribution is 0.203. The number of pyridine rings is 1. The van der Waals surface area contributed by atoms with Crippen molar-refractivity contribution in [2.24, 2.45) is 0 Å². The number of nitrogens with zero attached hydrogens (tertiary/aromatic N) is 3. The van der Waals surface area contributed by atoms with E-state index >= 15 is 0 Å². The van der Waals surface area contributed by atoms with E-state index < -0.39 is 0 Å². The van der Waals surface area contributed by atoms with Crippen molar-refractivity contribution in [3.05, 3.63) is 34.9 Å². The van der Waals surface area contributed by atoms with Crippen molar-refractivity contribution in [3.8, 4) is 11.3 Å². The molecule has 0 aliphatic carbocycles. The molecular formula is C14H18N4OS. The summed E-state index contributed by atoms with van der Waals surface area (Å²) in [4.78, 5) is 22.1. The van der Waals surface area contributed by atoms with Crippen molar-refractivity contribution in [2.75, 3.05) is 13.1 Å². The van der Waals surface area contributed by atoms with Gasteiger partial charge in [0, 0.05) is 36.4 Å². The van der Waals surface area contributed by atoms with Crippen LogP contribution in [0.5, 0.6) is 0 Å². The van der Waals surface area contributed by atoms with Gasteiger partial charge in [-0.2, -0.15) is 0 Å². The quantitative estimate of drug-likeness (QED) is 0.921. The highest BCUT2D eigenvalue weighted by atomic mass is 32.1. The summed E-state index contributed by atoms with van der Waals surface area (Å²) < 4.78 is 0. The molecule has 106 valence electrons. The second kappa shape index (κ2) is 7.00. The largest absolute Gasteiger partial charge is 0.331 e. The van der Waals surface area contributed by atoms with E-state index in [4.69, 9.17) is 0 Å². The van der Waals surface area contributed by atoms with Gasteiger partial charge in [0.2, 0.25) is 0 Å². The first-order chi connectivity index (χ1) is 9.74. The first-order valence-electron chi connectivity index (χ1n) is 6.62. The van der Waals surface area contributed by atoms with Gasteiger partial charge in [-0.25, -0.2) is 9.78 Å². The minimum atomic E-state index is -0.0457. The number of nitrogens with one attached hydrogen (secondary N) is 1. The van der Waals surface area contributed by atoms with Crippen molar-refractivity contribution in [1.29, 1.82) is 0 Å². The molecule has 6 heteroatoms. The minimum absolute atomic E-state index is 0.0457. The number of thiazole rings is 1. The molecule has 5 nitrogen and oxygen atoms in total. The van der Waals surface area contributed by atoms with Crippen LogP contribution >= 0.6 is 11.3 Å². The summed E-state index contributed by atoms with van der Waals surface area (Å²) in [7, 11) is 0. The molecule has 0 aliphatic rings. The zero-order valence-corrected chi connectivity index (χ0v) is 12.5. The van der Waals surface area contributed by atoms with Crippen molar-refractivity contribution < 1.29 is 4.79 Å². The highest BCUT2D eigenvalue weighted by molar-refractivity contribution is 7.09. The van der Waals surface area contributed by atoms with Gasteiger partial charge in [-0.15, -0.1) is 11.3 Å². The number of hydrogen-bond acceptors (Lipinski definition) is 4. The van der Waals surface area contributed by atoms with E-state index in [1.54, 1.807) is 28.6 Å². The van der Waals surface area contributed by atoms with E-state index in [-0.39, 0.29) is 6.03 Å². The average molecular weight is 290 g/mol. The first kappa shape index (κ1) is 14.5. The fourth-order valence-corrected chi connectivity index (χ4v) is 2.56. The SMILES string of the molecule is CCN(CC)C(=O)NCc1nc(-c2ccncc2)cs1. The topological polar surface area (TPSA) is 58.1 Å². The lowest BCUT2D eigenvalue weighted by atomic mass is 10.2. The average Bonchev–Trinajstić information content (AvgIpc) is 2.96. The van der Waals surface area contributed by atoms with Gasteiger partial charge in [0.25, 0.3) is 0 Å². The molecule has 0 saturated heterocycles. The van der Waals surface area contributed by atoms with Crippen LogP contribution in [-0.2, 0) is 6.54 Å². The Morgan fingerprint density at radius 3 is 2.65 bits per heavy atom. The summed E-state index contributed by atoms with van der Waals surface area (Å²) >= 11 is 1.55. The number of carbonyl (C=O) groups is 1. The van der Waals surface area contributed by atoms with E-state index in [0.717, 1.165) is 16.3 Å². The van der Waals surface area contributed by atoms with Crippen molar-refractivity contribution in [1.82, 2.24) is 20.2 Å². The fourth-order valence-electron chi connectivity index (χ4n) is 1.82. The summed E-state index contributed by atoms with van der Waals surface area (Å²) in [6, 6.07) is 3.80. The zero-order chi connectivity index (χ0) is 14.4. The molecule has 1 N–H and O–H groups in total. The Labute approximate surface area is 122 Å². The van der Waals surface area contributed by atoms with Gasteiger partial charge in [0.15, 0.2) is 0 Å². The highest BCUT2D eigenvalue weighted by Gasteiger charge is 2.10. The predicted octanol–water partition coefficient (Wildman–Crippen LogP) is 2.76. The van der Waals surface area contributed by atoms with Crippen LogP contribution < -0.4 is 5.32 Å². The summed E-state index contributed by atoms with van der Waals surface area (Å²) in [5.74, 6) is 0. The molecule has 0 bridgehead atoms. The molecule has 0 saturated carbocycles. The molecule has 0 aromatic carbocycles. The van der Waals surface area contributed by atoms with Crippen LogP contribution in [0.4, 0.5) is 4.79 Å². The smallest absolute Gasteiger partial charge is 0.317 e. The monoisotopic (exact) mass is 290 g/mol. The molecule has 2 amide bonds. The Morgan fingerprint density at radius 1 is 1.30 bits per heavy atom. The van der Waals surface area contributed by atoms with E-state index in [9.17, 15) is 4.79 Å². The summed E-state index contributed by atoms with van der Waals surface area (Å²) in [5, 5.41) is 5.78. The van der Waals surface area contributed by atoms with Gasteiger partial charge >= 0.3 is 6.03 Å². The number of hydrogen-bond donors (Lipinski definition) is 1. The van der Waals surface area contributed by atoms with E-state index in [0.29, 0.717) is 19.6 Å². The molecule has 0 radical (unpaired) electrons. The maximum absolute atomic E-state index is 11.8. The molecule has 2 heterocycles. The standard InChI is InChI=1S/C14H18N4OS/c1-3-18(4-2)14(19)16-9-13-17-12(10-20-13)11-5-7-15-8-6-11/h5-8,10H,3-4,9H2,1-2H3,(H,16,19). The van der Waals surface area contributed by atoms with Gasteiger partial charge < -0.3 is 10.2 Å². The lowest BCUT2D eigenvalue weighted by Crippen LogP contribution is -2.39. The normalized spacial score (nSPS) is 10.3. The molecule has 2 rings (SSSR count). The third-order valence-corrected chi connectivity index (χ3v) is 3.82. The second-order valence-corrected chi connectivity index (χ2v) is 5.14. The third kappa shape index (κ3) is 3.54. The Hall–Kier alpha value is -1.95. The van der Waals surface area contributed by atoms with Crippen molar-refractivity contribution >= 4 is 17.4 Å². The number of urea groups is 1. The maximum Gasteiger partial charge on any atom is 0.317 e. The van der Waals surface area contributed by atoms with Crippen LogP contribution in [0.2, 0.25) is 0 Å². The van der Waals surface area contributed by atoms with Gasteiger partial charge in [-0.3, -0.25) is 4.98 Å². The fraction of sp³-hybridized carbons (Fsp3) is 0.357. The van der Waals surface area contributed by atoms with Crippen LogP contribution in [0.25, 0.3) is 11.3 Å². The molecule has 0 aliphatic heterocycles.